The maximum atomic E-state index is 13.3. The number of nitrogens with zero attached hydrogens (tertiary/aromatic N) is 7. The number of benzene rings is 1. The van der Waals surface area contributed by atoms with Gasteiger partial charge in [-0.2, -0.15) is 4.98 Å². The maximum Gasteiger partial charge on any atom is 0.319 e. The molecule has 202 valence electrons. The van der Waals surface area contributed by atoms with E-state index in [0.29, 0.717) is 36.6 Å². The lowest BCUT2D eigenvalue weighted by molar-refractivity contribution is 0.165. The van der Waals surface area contributed by atoms with Crippen LogP contribution in [-0.2, 0) is 24.9 Å². The normalized spacial score (nSPS) is 13.3. The van der Waals surface area contributed by atoms with Gasteiger partial charge in [0, 0.05) is 56.4 Å². The van der Waals surface area contributed by atoms with Crippen LogP contribution in [0.2, 0.25) is 0 Å². The van der Waals surface area contributed by atoms with Crippen LogP contribution >= 0.6 is 0 Å². The molecule has 0 atom stereocenters. The molecule has 10 heteroatoms. The van der Waals surface area contributed by atoms with Gasteiger partial charge < -0.3 is 15.1 Å². The van der Waals surface area contributed by atoms with Crippen molar-refractivity contribution in [3.05, 3.63) is 82.6 Å². The topological polar surface area (TPSA) is 101 Å². The van der Waals surface area contributed by atoms with Gasteiger partial charge in [0.1, 0.15) is 5.39 Å². The van der Waals surface area contributed by atoms with E-state index in [4.69, 9.17) is 4.98 Å². The maximum absolute atomic E-state index is 13.3. The molecule has 0 saturated heterocycles. The monoisotopic (exact) mass is 526 g/mol. The molecule has 3 aromatic heterocycles. The molecule has 1 N–H and O–H groups in total. The second-order valence-corrected chi connectivity index (χ2v) is 11.0. The third kappa shape index (κ3) is 5.01. The van der Waals surface area contributed by atoms with Crippen molar-refractivity contribution < 1.29 is 4.79 Å². The molecular formula is C29H34N8O2. The number of carbonyl (C=O) groups excluding carboxylic acids is 1. The van der Waals surface area contributed by atoms with Gasteiger partial charge in [0.05, 0.1) is 12.2 Å². The minimum atomic E-state index is -0.184. The Balaban J connectivity index is 1.51. The highest BCUT2D eigenvalue weighted by Gasteiger charge is 2.23. The van der Waals surface area contributed by atoms with E-state index in [9.17, 15) is 9.59 Å². The molecule has 0 fully saturated rings. The first-order chi connectivity index (χ1) is 18.6. The Morgan fingerprint density at radius 1 is 1.15 bits per heavy atom. The largest absolute Gasteiger partial charge is 0.331 e. The molecule has 4 heterocycles. The average molecular weight is 527 g/mol. The number of pyridine rings is 1. The highest BCUT2D eigenvalue weighted by atomic mass is 16.2. The highest BCUT2D eigenvalue weighted by Crippen LogP contribution is 2.26. The average Bonchev–Trinajstić information content (AvgIpc) is 3.18. The fourth-order valence-corrected chi connectivity index (χ4v) is 4.81. The summed E-state index contributed by atoms with van der Waals surface area (Å²) in [5.41, 5.74) is 5.01. The number of carbonyl (C=O) groups is 1. The van der Waals surface area contributed by atoms with Crippen LogP contribution in [0.1, 0.15) is 37.6 Å². The van der Waals surface area contributed by atoms with Crippen molar-refractivity contribution >= 4 is 28.7 Å². The van der Waals surface area contributed by atoms with Crippen LogP contribution in [0, 0.1) is 0 Å². The van der Waals surface area contributed by atoms with Crippen molar-refractivity contribution in [2.75, 3.05) is 26.0 Å². The summed E-state index contributed by atoms with van der Waals surface area (Å²) in [6.45, 7) is 11.7. The number of urea groups is 1. The van der Waals surface area contributed by atoms with Crippen molar-refractivity contribution in [1.82, 2.24) is 34.1 Å². The third-order valence-corrected chi connectivity index (χ3v) is 6.86. The Morgan fingerprint density at radius 3 is 2.67 bits per heavy atom. The zero-order valence-electron chi connectivity index (χ0n) is 23.1. The van der Waals surface area contributed by atoms with Gasteiger partial charge in [0.25, 0.3) is 5.56 Å². The minimum Gasteiger partial charge on any atom is -0.331 e. The van der Waals surface area contributed by atoms with Crippen LogP contribution < -0.4 is 10.9 Å². The van der Waals surface area contributed by atoms with Gasteiger partial charge in [-0.1, -0.05) is 32.9 Å². The van der Waals surface area contributed by atoms with E-state index in [-0.39, 0.29) is 17.0 Å². The van der Waals surface area contributed by atoms with Crippen molar-refractivity contribution in [2.24, 2.45) is 0 Å². The summed E-state index contributed by atoms with van der Waals surface area (Å²) in [5, 5.41) is 3.73. The highest BCUT2D eigenvalue weighted by molar-refractivity contribution is 5.77. The Kier molecular flexibility index (Phi) is 6.71. The zero-order valence-corrected chi connectivity index (χ0v) is 23.1. The third-order valence-electron chi connectivity index (χ3n) is 6.86. The molecule has 10 nitrogen and oxygen atoms in total. The molecular weight excluding hydrogens is 492 g/mol. The van der Waals surface area contributed by atoms with E-state index < -0.39 is 0 Å². The number of anilines is 2. The molecule has 0 saturated carbocycles. The van der Waals surface area contributed by atoms with Gasteiger partial charge in [-0.25, -0.2) is 19.1 Å². The van der Waals surface area contributed by atoms with Gasteiger partial charge in [-0.3, -0.25) is 9.78 Å². The van der Waals surface area contributed by atoms with Crippen molar-refractivity contribution in [3.63, 3.8) is 0 Å². The summed E-state index contributed by atoms with van der Waals surface area (Å²) in [7, 11) is 3.54. The predicted octanol–water partition coefficient (Wildman–Crippen LogP) is 4.24. The van der Waals surface area contributed by atoms with E-state index in [0.717, 1.165) is 29.1 Å². The fraction of sp³-hybridized carbons (Fsp3) is 0.345. The minimum absolute atomic E-state index is 0.0165. The van der Waals surface area contributed by atoms with Crippen molar-refractivity contribution in [2.45, 2.75) is 45.7 Å². The summed E-state index contributed by atoms with van der Waals surface area (Å²) in [5.74, 6) is 0.386. The van der Waals surface area contributed by atoms with E-state index in [1.54, 1.807) is 42.1 Å². The molecule has 1 aliphatic rings. The first-order valence-corrected chi connectivity index (χ1v) is 13.0. The Morgan fingerprint density at radius 2 is 1.95 bits per heavy atom. The van der Waals surface area contributed by atoms with Crippen molar-refractivity contribution in [1.29, 1.82) is 0 Å². The molecule has 1 aliphatic heterocycles. The number of nitrogens with one attached hydrogen (secondary N) is 1. The van der Waals surface area contributed by atoms with E-state index in [2.05, 4.69) is 48.7 Å². The molecule has 0 radical (unpaired) electrons. The van der Waals surface area contributed by atoms with Gasteiger partial charge in [-0.05, 0) is 41.8 Å². The number of rotatable bonds is 5. The second-order valence-electron chi connectivity index (χ2n) is 11.0. The lowest BCUT2D eigenvalue weighted by atomic mass is 9.91. The van der Waals surface area contributed by atoms with Crippen LogP contribution in [0.3, 0.4) is 0 Å². The smallest absolute Gasteiger partial charge is 0.319 e. The van der Waals surface area contributed by atoms with Crippen LogP contribution in [0.4, 0.5) is 16.4 Å². The van der Waals surface area contributed by atoms with Gasteiger partial charge in [0.2, 0.25) is 5.95 Å². The summed E-state index contributed by atoms with van der Waals surface area (Å²) in [6, 6.07) is 9.95. The second kappa shape index (κ2) is 10.0. The molecule has 0 unspecified atom stereocenters. The van der Waals surface area contributed by atoms with Crippen LogP contribution in [0.15, 0.2) is 60.2 Å². The van der Waals surface area contributed by atoms with Gasteiger partial charge in [-0.15, -0.1) is 6.58 Å². The fourth-order valence-electron chi connectivity index (χ4n) is 4.81. The van der Waals surface area contributed by atoms with E-state index in [1.165, 1.54) is 5.56 Å². The van der Waals surface area contributed by atoms with Crippen LogP contribution in [0.5, 0.6) is 0 Å². The van der Waals surface area contributed by atoms with Gasteiger partial charge in [0.15, 0.2) is 5.65 Å². The molecule has 2 amide bonds. The number of fused-ring (bicyclic) bond motifs is 2. The summed E-state index contributed by atoms with van der Waals surface area (Å²) < 4.78 is 3.42. The first-order valence-electron chi connectivity index (χ1n) is 13.0. The Bertz CT molecular complexity index is 1630. The first kappa shape index (κ1) is 26.1. The number of allylic oxidation sites excluding steroid dienone is 1. The predicted molar refractivity (Wildman–Crippen MR) is 153 cm³/mol. The Labute approximate surface area is 227 Å². The summed E-state index contributed by atoms with van der Waals surface area (Å²) in [6.07, 6.45) is 5.78. The number of amides is 2. The number of hydrogen-bond acceptors (Lipinski definition) is 6. The summed E-state index contributed by atoms with van der Waals surface area (Å²) in [4.78, 5) is 42.9. The van der Waals surface area contributed by atoms with Crippen LogP contribution in [-0.4, -0.2) is 60.8 Å². The van der Waals surface area contributed by atoms with Crippen molar-refractivity contribution in [3.8, 4) is 5.69 Å². The lowest BCUT2D eigenvalue weighted by Crippen LogP contribution is -2.42. The molecule has 0 bridgehead atoms. The SMILES string of the molecule is C=CCn1c(=O)c2cnc(Nc3ccc4c(c3)CCN(C(=O)N(C)C)C4)nc2n1-c1ccnc(C(C)(C)C)c1. The van der Waals surface area contributed by atoms with Gasteiger partial charge >= 0.3 is 6.03 Å². The number of aromatic nitrogens is 5. The lowest BCUT2D eigenvalue weighted by Gasteiger charge is -2.31. The molecule has 0 spiro atoms. The van der Waals surface area contributed by atoms with E-state index in [1.807, 2.05) is 33.8 Å². The standard InChI is InChI=1S/C29H34N8O2/c1-7-13-36-26(38)23-17-31-27(33-25(23)37(36)22-10-12-30-24(16-22)29(2,3)4)32-21-9-8-20-18-35(28(39)34(5)6)14-11-19(20)15-21/h7-10,12,15-17H,1,11,13-14,18H2,2-6H3,(H,31,32,33). The zero-order chi connectivity index (χ0) is 27.9. The molecule has 39 heavy (non-hydrogen) atoms. The molecule has 0 aliphatic carbocycles. The molecule has 1 aromatic carbocycles. The Hall–Kier alpha value is -4.47. The molecule has 4 aromatic rings. The quantitative estimate of drug-likeness (QED) is 0.390. The van der Waals surface area contributed by atoms with Crippen LogP contribution in [0.25, 0.3) is 16.7 Å². The molecule has 5 rings (SSSR count). The summed E-state index contributed by atoms with van der Waals surface area (Å²) >= 11 is 0. The van der Waals surface area contributed by atoms with E-state index >= 15 is 0 Å². The number of hydrogen-bond donors (Lipinski definition) is 1.